The lowest BCUT2D eigenvalue weighted by molar-refractivity contribution is 0.100. The Bertz CT molecular complexity index is 433. The molecule has 12 heavy (non-hydrogen) atoms. The fraction of sp³-hybridized carbons (Fsp3) is 0. The number of nitrogens with zero attached hydrogens (tertiary/aromatic N) is 2. The van der Waals surface area contributed by atoms with Gasteiger partial charge in [-0.15, -0.1) is 0 Å². The first-order valence-electron chi connectivity index (χ1n) is 3.50. The van der Waals surface area contributed by atoms with Crippen LogP contribution in [0.4, 0.5) is 0 Å². The van der Waals surface area contributed by atoms with Crippen LogP contribution >= 0.6 is 0 Å². The van der Waals surface area contributed by atoms with Gasteiger partial charge in [0.15, 0.2) is 0 Å². The Morgan fingerprint density at radius 2 is 2.33 bits per heavy atom. The second-order valence-electron chi connectivity index (χ2n) is 2.47. The average Bonchev–Trinajstić information content (AvgIpc) is 2.49. The van der Waals surface area contributed by atoms with E-state index in [2.05, 4.69) is 4.98 Å². The summed E-state index contributed by atoms with van der Waals surface area (Å²) in [6, 6.07) is 3.32. The number of amides is 1. The third-order valence-electron chi connectivity index (χ3n) is 1.68. The van der Waals surface area contributed by atoms with Crippen molar-refractivity contribution in [2.24, 2.45) is 5.73 Å². The molecule has 0 saturated heterocycles. The van der Waals surface area contributed by atoms with Crippen LogP contribution in [0, 0.1) is 0 Å². The predicted octanol–water partition coefficient (Wildman–Crippen LogP) is 0.433. The molecule has 1 amide bonds. The monoisotopic (exact) mass is 161 g/mol. The predicted molar refractivity (Wildman–Crippen MR) is 43.7 cm³/mol. The standard InChI is InChI=1S/C8H7N3O/c9-8(12)6-1-3-11-4-2-10-7(11)5-6/h1-5H,(H2,9,12). The van der Waals surface area contributed by atoms with Gasteiger partial charge >= 0.3 is 0 Å². The van der Waals surface area contributed by atoms with Crippen LogP contribution in [0.15, 0.2) is 30.7 Å². The summed E-state index contributed by atoms with van der Waals surface area (Å²) in [5.74, 6) is -0.430. The van der Waals surface area contributed by atoms with Gasteiger partial charge in [0, 0.05) is 24.2 Å². The lowest BCUT2D eigenvalue weighted by atomic mass is 10.2. The van der Waals surface area contributed by atoms with E-state index in [0.717, 1.165) is 5.65 Å². The highest BCUT2D eigenvalue weighted by molar-refractivity contribution is 5.93. The van der Waals surface area contributed by atoms with Crippen molar-refractivity contribution in [3.8, 4) is 0 Å². The van der Waals surface area contributed by atoms with Gasteiger partial charge in [0.1, 0.15) is 5.65 Å². The van der Waals surface area contributed by atoms with Crippen molar-refractivity contribution in [2.45, 2.75) is 0 Å². The van der Waals surface area contributed by atoms with E-state index in [1.54, 1.807) is 30.7 Å². The maximum Gasteiger partial charge on any atom is 0.248 e. The minimum Gasteiger partial charge on any atom is -0.366 e. The van der Waals surface area contributed by atoms with Gasteiger partial charge in [0.25, 0.3) is 0 Å². The average molecular weight is 161 g/mol. The van der Waals surface area contributed by atoms with Crippen molar-refractivity contribution in [3.63, 3.8) is 0 Å². The first-order chi connectivity index (χ1) is 5.77. The van der Waals surface area contributed by atoms with Crippen molar-refractivity contribution >= 4 is 11.6 Å². The molecular formula is C8H7N3O. The van der Waals surface area contributed by atoms with Crippen molar-refractivity contribution in [3.05, 3.63) is 36.3 Å². The number of fused-ring (bicyclic) bond motifs is 1. The Balaban J connectivity index is 2.68. The van der Waals surface area contributed by atoms with Crippen LogP contribution < -0.4 is 5.73 Å². The molecule has 4 nitrogen and oxygen atoms in total. The Labute approximate surface area is 68.6 Å². The Kier molecular flexibility index (Phi) is 1.33. The SMILES string of the molecule is NC(=O)c1ccn2ccnc2c1. The van der Waals surface area contributed by atoms with Gasteiger partial charge in [-0.3, -0.25) is 4.79 Å². The number of pyridine rings is 1. The molecule has 0 spiro atoms. The highest BCUT2D eigenvalue weighted by Crippen LogP contribution is 2.03. The number of carbonyl (C=O) groups is 1. The fourth-order valence-corrected chi connectivity index (χ4v) is 1.06. The van der Waals surface area contributed by atoms with E-state index in [0.29, 0.717) is 5.56 Å². The van der Waals surface area contributed by atoms with Crippen LogP contribution in [0.2, 0.25) is 0 Å². The van der Waals surface area contributed by atoms with Crippen LogP contribution in [-0.4, -0.2) is 15.3 Å². The molecule has 0 saturated carbocycles. The maximum absolute atomic E-state index is 10.8. The van der Waals surface area contributed by atoms with Gasteiger partial charge in [-0.25, -0.2) is 4.98 Å². The summed E-state index contributed by atoms with van der Waals surface area (Å²) in [7, 11) is 0. The Hall–Kier alpha value is -1.84. The number of carbonyl (C=O) groups excluding carboxylic acids is 1. The van der Waals surface area contributed by atoms with Crippen molar-refractivity contribution < 1.29 is 4.79 Å². The lowest BCUT2D eigenvalue weighted by Crippen LogP contribution is -2.10. The molecule has 2 N–H and O–H groups in total. The summed E-state index contributed by atoms with van der Waals surface area (Å²) in [5.41, 5.74) is 6.31. The van der Waals surface area contributed by atoms with E-state index in [4.69, 9.17) is 5.73 Å². The van der Waals surface area contributed by atoms with Gasteiger partial charge in [-0.2, -0.15) is 0 Å². The number of rotatable bonds is 1. The molecule has 2 aromatic rings. The molecule has 0 aliphatic carbocycles. The molecule has 2 aromatic heterocycles. The summed E-state index contributed by atoms with van der Waals surface area (Å²) in [6.07, 6.45) is 5.22. The molecule has 0 atom stereocenters. The third-order valence-corrected chi connectivity index (χ3v) is 1.68. The minimum absolute atomic E-state index is 0.430. The van der Waals surface area contributed by atoms with Gasteiger partial charge in [-0.05, 0) is 12.1 Å². The van der Waals surface area contributed by atoms with Crippen LogP contribution in [-0.2, 0) is 0 Å². The van der Waals surface area contributed by atoms with E-state index in [1.807, 2.05) is 4.40 Å². The molecule has 0 bridgehead atoms. The number of primary amides is 1. The molecular weight excluding hydrogens is 154 g/mol. The van der Waals surface area contributed by atoms with E-state index in [9.17, 15) is 4.79 Å². The second-order valence-corrected chi connectivity index (χ2v) is 2.47. The van der Waals surface area contributed by atoms with E-state index >= 15 is 0 Å². The van der Waals surface area contributed by atoms with Crippen molar-refractivity contribution in [1.29, 1.82) is 0 Å². The number of aromatic nitrogens is 2. The van der Waals surface area contributed by atoms with E-state index in [-0.39, 0.29) is 0 Å². The fourth-order valence-electron chi connectivity index (χ4n) is 1.06. The van der Waals surface area contributed by atoms with E-state index < -0.39 is 5.91 Å². The minimum atomic E-state index is -0.430. The summed E-state index contributed by atoms with van der Waals surface area (Å²) in [6.45, 7) is 0. The molecule has 0 aliphatic heterocycles. The lowest BCUT2D eigenvalue weighted by Gasteiger charge is -1.95. The van der Waals surface area contributed by atoms with Crippen LogP contribution in [0.25, 0.3) is 5.65 Å². The van der Waals surface area contributed by atoms with Crippen LogP contribution in [0.1, 0.15) is 10.4 Å². The zero-order valence-electron chi connectivity index (χ0n) is 6.27. The molecule has 0 radical (unpaired) electrons. The first kappa shape index (κ1) is 6.84. The second kappa shape index (κ2) is 2.34. The van der Waals surface area contributed by atoms with Crippen molar-refractivity contribution in [1.82, 2.24) is 9.38 Å². The van der Waals surface area contributed by atoms with Gasteiger partial charge in [-0.1, -0.05) is 0 Å². The molecule has 2 rings (SSSR count). The number of nitrogens with two attached hydrogens (primary N) is 1. The molecule has 0 fully saturated rings. The smallest absolute Gasteiger partial charge is 0.248 e. The van der Waals surface area contributed by atoms with Gasteiger partial charge in [0.05, 0.1) is 0 Å². The summed E-state index contributed by atoms with van der Waals surface area (Å²) >= 11 is 0. The molecule has 2 heterocycles. The molecule has 0 unspecified atom stereocenters. The van der Waals surface area contributed by atoms with Crippen LogP contribution in [0.3, 0.4) is 0 Å². The quantitative estimate of drug-likeness (QED) is 0.659. The summed E-state index contributed by atoms with van der Waals surface area (Å²) in [4.78, 5) is 14.8. The zero-order valence-corrected chi connectivity index (χ0v) is 6.27. The molecule has 4 heteroatoms. The van der Waals surface area contributed by atoms with Gasteiger partial charge < -0.3 is 10.1 Å². The summed E-state index contributed by atoms with van der Waals surface area (Å²) < 4.78 is 1.81. The topological polar surface area (TPSA) is 60.4 Å². The zero-order chi connectivity index (χ0) is 8.55. The largest absolute Gasteiger partial charge is 0.366 e. The Morgan fingerprint density at radius 1 is 1.50 bits per heavy atom. The van der Waals surface area contributed by atoms with Crippen molar-refractivity contribution in [2.75, 3.05) is 0 Å². The number of imidazole rings is 1. The van der Waals surface area contributed by atoms with Gasteiger partial charge in [0.2, 0.25) is 5.91 Å². The first-order valence-corrected chi connectivity index (χ1v) is 3.50. The molecule has 0 aliphatic rings. The summed E-state index contributed by atoms with van der Waals surface area (Å²) in [5, 5.41) is 0. The maximum atomic E-state index is 10.8. The highest BCUT2D eigenvalue weighted by Gasteiger charge is 2.00. The molecule has 0 aromatic carbocycles. The highest BCUT2D eigenvalue weighted by atomic mass is 16.1. The molecule has 60 valence electrons. The number of hydrogen-bond donors (Lipinski definition) is 1. The number of hydrogen-bond acceptors (Lipinski definition) is 2. The van der Waals surface area contributed by atoms with Crippen LogP contribution in [0.5, 0.6) is 0 Å². The normalized spacial score (nSPS) is 10.3. The third kappa shape index (κ3) is 0.934. The van der Waals surface area contributed by atoms with E-state index in [1.165, 1.54) is 0 Å². The Morgan fingerprint density at radius 3 is 3.08 bits per heavy atom.